The molecule has 0 aliphatic carbocycles. The van der Waals surface area contributed by atoms with Gasteiger partial charge in [0.25, 0.3) is 5.91 Å². The van der Waals surface area contributed by atoms with Gasteiger partial charge in [0.05, 0.1) is 5.56 Å². The van der Waals surface area contributed by atoms with Crippen molar-refractivity contribution in [3.63, 3.8) is 0 Å². The summed E-state index contributed by atoms with van der Waals surface area (Å²) in [6, 6.07) is 4.09. The third-order valence-electron chi connectivity index (χ3n) is 3.50. The minimum absolute atomic E-state index is 0.0989. The third kappa shape index (κ3) is 2.54. The number of likely N-dealkylation sites (tertiary alicyclic amines) is 1. The van der Waals surface area contributed by atoms with Gasteiger partial charge in [-0.2, -0.15) is 0 Å². The van der Waals surface area contributed by atoms with Crippen LogP contribution in [0.5, 0.6) is 5.75 Å². The molecule has 1 atom stereocenters. The van der Waals surface area contributed by atoms with Crippen molar-refractivity contribution >= 4 is 11.9 Å². The molecule has 1 aliphatic rings. The molecule has 1 fully saturated rings. The molecule has 5 heteroatoms. The van der Waals surface area contributed by atoms with Crippen LogP contribution in [0.2, 0.25) is 0 Å². The van der Waals surface area contributed by atoms with Gasteiger partial charge in [-0.3, -0.25) is 4.79 Å². The quantitative estimate of drug-likeness (QED) is 0.869. The van der Waals surface area contributed by atoms with Crippen LogP contribution in [0.1, 0.15) is 35.7 Å². The first-order valence-electron chi connectivity index (χ1n) is 6.40. The highest BCUT2D eigenvalue weighted by Crippen LogP contribution is 2.25. The van der Waals surface area contributed by atoms with Gasteiger partial charge in [-0.1, -0.05) is 13.0 Å². The summed E-state index contributed by atoms with van der Waals surface area (Å²) in [5.74, 6) is -1.49. The molecule has 0 radical (unpaired) electrons. The highest BCUT2D eigenvalue weighted by atomic mass is 16.4. The minimum atomic E-state index is -0.989. The lowest BCUT2D eigenvalue weighted by molar-refractivity contribution is -0.141. The van der Waals surface area contributed by atoms with Gasteiger partial charge in [0.15, 0.2) is 0 Å². The molecule has 19 heavy (non-hydrogen) atoms. The zero-order valence-electron chi connectivity index (χ0n) is 10.8. The predicted molar refractivity (Wildman–Crippen MR) is 69.2 cm³/mol. The zero-order chi connectivity index (χ0) is 14.0. The van der Waals surface area contributed by atoms with E-state index in [4.69, 9.17) is 5.11 Å². The van der Waals surface area contributed by atoms with Crippen LogP contribution in [0, 0.1) is 0 Å². The maximum absolute atomic E-state index is 12.4. The fourth-order valence-electron chi connectivity index (χ4n) is 2.40. The number of hydrogen-bond donors (Lipinski definition) is 2. The van der Waals surface area contributed by atoms with Gasteiger partial charge in [0, 0.05) is 6.54 Å². The molecule has 0 spiro atoms. The smallest absolute Gasteiger partial charge is 0.326 e. The van der Waals surface area contributed by atoms with Crippen molar-refractivity contribution in [1.29, 1.82) is 0 Å². The number of aromatic hydroxyl groups is 1. The monoisotopic (exact) mass is 263 g/mol. The Morgan fingerprint density at radius 2 is 2.16 bits per heavy atom. The van der Waals surface area contributed by atoms with Crippen molar-refractivity contribution < 1.29 is 19.8 Å². The van der Waals surface area contributed by atoms with E-state index >= 15 is 0 Å². The topological polar surface area (TPSA) is 77.8 Å². The molecule has 1 aliphatic heterocycles. The number of nitrogens with zero attached hydrogens (tertiary/aromatic N) is 1. The SMILES string of the molecule is CCc1ccc(O)c(C(=O)N2CCC[C@H]2C(=O)O)c1. The summed E-state index contributed by atoms with van der Waals surface area (Å²) in [7, 11) is 0. The number of carboxylic acids is 1. The summed E-state index contributed by atoms with van der Waals surface area (Å²) in [6.45, 7) is 2.38. The number of carboxylic acid groups (broad SMARTS) is 1. The number of amides is 1. The second-order valence-electron chi connectivity index (χ2n) is 4.70. The predicted octanol–water partition coefficient (Wildman–Crippen LogP) is 1.64. The Morgan fingerprint density at radius 3 is 2.79 bits per heavy atom. The van der Waals surface area contributed by atoms with Crippen LogP contribution in [0.3, 0.4) is 0 Å². The molecule has 0 bridgehead atoms. The number of phenols is 1. The molecule has 1 aromatic carbocycles. The largest absolute Gasteiger partial charge is 0.507 e. The fourth-order valence-corrected chi connectivity index (χ4v) is 2.40. The summed E-state index contributed by atoms with van der Waals surface area (Å²) in [5, 5.41) is 18.9. The Labute approximate surface area is 111 Å². The second-order valence-corrected chi connectivity index (χ2v) is 4.70. The molecule has 2 N–H and O–H groups in total. The summed E-state index contributed by atoms with van der Waals surface area (Å²) in [6.07, 6.45) is 1.90. The fraction of sp³-hybridized carbons (Fsp3) is 0.429. The van der Waals surface area contributed by atoms with E-state index in [1.165, 1.54) is 11.0 Å². The first kappa shape index (κ1) is 13.4. The van der Waals surface area contributed by atoms with Crippen LogP contribution in [0.15, 0.2) is 18.2 Å². The normalized spacial score (nSPS) is 18.6. The molecule has 2 rings (SSSR count). The van der Waals surface area contributed by atoms with Gasteiger partial charge in [-0.15, -0.1) is 0 Å². The van der Waals surface area contributed by atoms with Crippen molar-refractivity contribution in [2.75, 3.05) is 6.54 Å². The molecule has 5 nitrogen and oxygen atoms in total. The molecule has 0 saturated carbocycles. The number of benzene rings is 1. The van der Waals surface area contributed by atoms with Gasteiger partial charge in [0.2, 0.25) is 0 Å². The first-order chi connectivity index (χ1) is 9.04. The lowest BCUT2D eigenvalue weighted by Gasteiger charge is -2.22. The summed E-state index contributed by atoms with van der Waals surface area (Å²) in [5.41, 5.74) is 1.12. The molecule has 1 heterocycles. The van der Waals surface area contributed by atoms with Crippen molar-refractivity contribution in [2.45, 2.75) is 32.2 Å². The van der Waals surface area contributed by atoms with Gasteiger partial charge in [-0.05, 0) is 37.0 Å². The molecule has 0 unspecified atom stereocenters. The summed E-state index contributed by atoms with van der Waals surface area (Å²) >= 11 is 0. The molecule has 102 valence electrons. The Bertz CT molecular complexity index is 512. The van der Waals surface area contributed by atoms with Crippen LogP contribution in [0.4, 0.5) is 0 Å². The lowest BCUT2D eigenvalue weighted by atomic mass is 10.1. The highest BCUT2D eigenvalue weighted by Gasteiger charge is 2.35. The van der Waals surface area contributed by atoms with E-state index in [0.29, 0.717) is 19.4 Å². The highest BCUT2D eigenvalue weighted by molar-refractivity contribution is 5.99. The van der Waals surface area contributed by atoms with Crippen molar-refractivity contribution in [2.24, 2.45) is 0 Å². The average molecular weight is 263 g/mol. The van der Waals surface area contributed by atoms with Crippen LogP contribution in [-0.2, 0) is 11.2 Å². The minimum Gasteiger partial charge on any atom is -0.507 e. The van der Waals surface area contributed by atoms with E-state index in [9.17, 15) is 14.7 Å². The second kappa shape index (κ2) is 5.30. The van der Waals surface area contributed by atoms with E-state index in [2.05, 4.69) is 0 Å². The number of aliphatic carboxylic acids is 1. The molecular weight excluding hydrogens is 246 g/mol. The standard InChI is InChI=1S/C14H17NO4/c1-2-9-5-6-12(16)10(8-9)13(17)15-7-3-4-11(15)14(18)19/h5-6,8,11,16H,2-4,7H2,1H3,(H,18,19)/t11-/m0/s1. The van der Waals surface area contributed by atoms with Gasteiger partial charge in [0.1, 0.15) is 11.8 Å². The average Bonchev–Trinajstić information content (AvgIpc) is 2.88. The molecule has 1 saturated heterocycles. The lowest BCUT2D eigenvalue weighted by Crippen LogP contribution is -2.40. The van der Waals surface area contributed by atoms with E-state index in [1.807, 2.05) is 6.92 Å². The Morgan fingerprint density at radius 1 is 1.42 bits per heavy atom. The van der Waals surface area contributed by atoms with Crippen LogP contribution >= 0.6 is 0 Å². The van der Waals surface area contributed by atoms with E-state index in [-0.39, 0.29) is 11.3 Å². The van der Waals surface area contributed by atoms with Crippen molar-refractivity contribution in [3.8, 4) is 5.75 Å². The maximum atomic E-state index is 12.4. The van der Waals surface area contributed by atoms with E-state index in [1.54, 1.807) is 12.1 Å². The van der Waals surface area contributed by atoms with Crippen LogP contribution in [-0.4, -0.2) is 39.6 Å². The molecule has 1 amide bonds. The van der Waals surface area contributed by atoms with Crippen LogP contribution < -0.4 is 0 Å². The summed E-state index contributed by atoms with van der Waals surface area (Å²) in [4.78, 5) is 24.8. The number of rotatable bonds is 3. The zero-order valence-corrected chi connectivity index (χ0v) is 10.8. The molecule has 0 aromatic heterocycles. The number of hydrogen-bond acceptors (Lipinski definition) is 3. The Balaban J connectivity index is 2.31. The number of carbonyl (C=O) groups is 2. The molecule has 1 aromatic rings. The first-order valence-corrected chi connectivity index (χ1v) is 6.40. The number of carbonyl (C=O) groups excluding carboxylic acids is 1. The van der Waals surface area contributed by atoms with Gasteiger partial charge in [-0.25, -0.2) is 4.79 Å². The third-order valence-corrected chi connectivity index (χ3v) is 3.50. The van der Waals surface area contributed by atoms with E-state index < -0.39 is 17.9 Å². The van der Waals surface area contributed by atoms with Gasteiger partial charge >= 0.3 is 5.97 Å². The Kier molecular flexibility index (Phi) is 3.74. The number of phenolic OH excluding ortho intramolecular Hbond substituents is 1. The number of aryl methyl sites for hydroxylation is 1. The van der Waals surface area contributed by atoms with Crippen molar-refractivity contribution in [3.05, 3.63) is 29.3 Å². The van der Waals surface area contributed by atoms with Crippen LogP contribution in [0.25, 0.3) is 0 Å². The van der Waals surface area contributed by atoms with E-state index in [0.717, 1.165) is 12.0 Å². The van der Waals surface area contributed by atoms with Gasteiger partial charge < -0.3 is 15.1 Å². The molecular formula is C14H17NO4. The maximum Gasteiger partial charge on any atom is 0.326 e. The summed E-state index contributed by atoms with van der Waals surface area (Å²) < 4.78 is 0. The Hall–Kier alpha value is -2.04. The van der Waals surface area contributed by atoms with Crippen molar-refractivity contribution in [1.82, 2.24) is 4.90 Å².